The van der Waals surface area contributed by atoms with Crippen LogP contribution in [0.3, 0.4) is 0 Å². The van der Waals surface area contributed by atoms with Crippen molar-refractivity contribution in [1.29, 1.82) is 0 Å². The Bertz CT molecular complexity index is 470. The lowest BCUT2D eigenvalue weighted by Gasteiger charge is -2.19. The summed E-state index contributed by atoms with van der Waals surface area (Å²) in [6.07, 6.45) is 0. The molecule has 0 atom stereocenters. The topological polar surface area (TPSA) is 61.5 Å². The number of hydrogen-bond acceptors (Lipinski definition) is 4. The highest BCUT2D eigenvalue weighted by atomic mass is 79.9. The third-order valence-electron chi connectivity index (χ3n) is 2.17. The highest BCUT2D eigenvalue weighted by Gasteiger charge is 2.15. The van der Waals surface area contributed by atoms with Gasteiger partial charge in [-0.15, -0.1) is 0 Å². The minimum atomic E-state index is -0.461. The van der Waals surface area contributed by atoms with Crippen molar-refractivity contribution < 1.29 is 14.3 Å². The summed E-state index contributed by atoms with van der Waals surface area (Å²) in [5.74, 6) is -0.461. The number of esters is 1. The van der Waals surface area contributed by atoms with Gasteiger partial charge in [0.2, 0.25) is 0 Å². The molecule has 0 fully saturated rings. The third-order valence-corrected chi connectivity index (χ3v) is 3.28. The maximum Gasteiger partial charge on any atom is 0.340 e. The second-order valence-electron chi connectivity index (χ2n) is 4.95. The van der Waals surface area contributed by atoms with E-state index >= 15 is 0 Å². The zero-order valence-corrected chi connectivity index (χ0v) is 14.3. The Morgan fingerprint density at radius 2 is 1.89 bits per heavy atom. The summed E-state index contributed by atoms with van der Waals surface area (Å²) in [4.78, 5) is 11.9. The van der Waals surface area contributed by atoms with Crippen LogP contribution in [0.25, 0.3) is 0 Å². The Kier molecular flexibility index (Phi) is 5.82. The fourth-order valence-electron chi connectivity index (χ4n) is 1.31. The van der Waals surface area contributed by atoms with Crippen molar-refractivity contribution >= 4 is 43.5 Å². The maximum atomic E-state index is 11.9. The van der Waals surface area contributed by atoms with Crippen molar-refractivity contribution in [2.75, 3.05) is 18.9 Å². The predicted octanol–water partition coefficient (Wildman–Crippen LogP) is 3.77. The van der Waals surface area contributed by atoms with Crippen molar-refractivity contribution in [3.05, 3.63) is 26.6 Å². The largest absolute Gasteiger partial charge is 0.460 e. The molecule has 1 rings (SSSR count). The van der Waals surface area contributed by atoms with E-state index in [9.17, 15) is 4.79 Å². The van der Waals surface area contributed by atoms with Gasteiger partial charge >= 0.3 is 5.97 Å². The van der Waals surface area contributed by atoms with Gasteiger partial charge in [-0.05, 0) is 48.8 Å². The van der Waals surface area contributed by atoms with Crippen LogP contribution in [0.2, 0.25) is 0 Å². The van der Waals surface area contributed by atoms with Gasteiger partial charge in [-0.2, -0.15) is 0 Å². The van der Waals surface area contributed by atoms with E-state index in [1.165, 1.54) is 0 Å². The molecule has 0 amide bonds. The number of anilines is 1. The predicted molar refractivity (Wildman–Crippen MR) is 82.2 cm³/mol. The van der Waals surface area contributed by atoms with Crippen molar-refractivity contribution in [1.82, 2.24) is 0 Å². The molecule has 6 heteroatoms. The molecule has 0 aromatic heterocycles. The quantitative estimate of drug-likeness (QED) is 0.479. The second kappa shape index (κ2) is 6.72. The molecule has 0 aliphatic carbocycles. The summed E-state index contributed by atoms with van der Waals surface area (Å²) in [5, 5.41) is 0. The Labute approximate surface area is 129 Å². The molecule has 2 N–H and O–H groups in total. The molecular formula is C13H17Br2NO3. The molecule has 0 heterocycles. The summed E-state index contributed by atoms with van der Waals surface area (Å²) in [7, 11) is 0. The Hall–Kier alpha value is -0.590. The molecular weight excluding hydrogens is 378 g/mol. The number of rotatable bonds is 4. The zero-order chi connectivity index (χ0) is 14.6. The lowest BCUT2D eigenvalue weighted by atomic mass is 10.2. The summed E-state index contributed by atoms with van der Waals surface area (Å²) in [6, 6.07) is 3.40. The smallest absolute Gasteiger partial charge is 0.340 e. The molecule has 0 saturated carbocycles. The molecule has 0 aliphatic heterocycles. The Morgan fingerprint density at radius 1 is 1.26 bits per heavy atom. The van der Waals surface area contributed by atoms with Crippen LogP contribution in [0.1, 0.15) is 31.1 Å². The van der Waals surface area contributed by atoms with Gasteiger partial charge in [0.25, 0.3) is 0 Å². The Morgan fingerprint density at radius 3 is 2.47 bits per heavy atom. The molecule has 106 valence electrons. The van der Waals surface area contributed by atoms with Crippen LogP contribution < -0.4 is 5.73 Å². The van der Waals surface area contributed by atoms with Crippen molar-refractivity contribution in [2.24, 2.45) is 0 Å². The summed E-state index contributed by atoms with van der Waals surface area (Å²) >= 11 is 6.59. The normalized spacial score (nSPS) is 11.4. The minimum absolute atomic E-state index is 0.194. The Balaban J connectivity index is 2.60. The van der Waals surface area contributed by atoms with E-state index in [2.05, 4.69) is 31.9 Å². The van der Waals surface area contributed by atoms with Gasteiger partial charge in [-0.1, -0.05) is 15.9 Å². The van der Waals surface area contributed by atoms with Gasteiger partial charge in [-0.25, -0.2) is 4.79 Å². The van der Waals surface area contributed by atoms with E-state index in [0.29, 0.717) is 22.3 Å². The first-order valence-electron chi connectivity index (χ1n) is 5.76. The van der Waals surface area contributed by atoms with Gasteiger partial charge in [0.15, 0.2) is 0 Å². The molecule has 0 spiro atoms. The van der Waals surface area contributed by atoms with Gasteiger partial charge < -0.3 is 15.2 Å². The second-order valence-corrected chi connectivity index (χ2v) is 6.72. The zero-order valence-electron chi connectivity index (χ0n) is 11.1. The van der Waals surface area contributed by atoms with Crippen LogP contribution in [-0.4, -0.2) is 24.8 Å². The van der Waals surface area contributed by atoms with E-state index in [-0.39, 0.29) is 12.2 Å². The van der Waals surface area contributed by atoms with Crippen LogP contribution in [0.4, 0.5) is 5.69 Å². The number of carbonyl (C=O) groups is 1. The van der Waals surface area contributed by atoms with Crippen LogP contribution in [0.15, 0.2) is 21.1 Å². The minimum Gasteiger partial charge on any atom is -0.460 e. The molecule has 1 aromatic carbocycles. The average molecular weight is 395 g/mol. The SMILES string of the molecule is CC(C)(C)OCCOC(=O)c1cc(Br)cc(Br)c1N. The summed E-state index contributed by atoms with van der Waals surface area (Å²) in [5.41, 5.74) is 6.28. The van der Waals surface area contributed by atoms with E-state index in [4.69, 9.17) is 15.2 Å². The van der Waals surface area contributed by atoms with E-state index in [1.807, 2.05) is 20.8 Å². The fourth-order valence-corrected chi connectivity index (χ4v) is 2.54. The van der Waals surface area contributed by atoms with Gasteiger partial charge in [0.1, 0.15) is 6.61 Å². The summed E-state index contributed by atoms with van der Waals surface area (Å²) < 4.78 is 12.0. The number of carbonyl (C=O) groups excluding carboxylic acids is 1. The molecule has 0 aliphatic rings. The lowest BCUT2D eigenvalue weighted by Crippen LogP contribution is -2.22. The van der Waals surface area contributed by atoms with Crippen molar-refractivity contribution in [3.8, 4) is 0 Å². The monoisotopic (exact) mass is 393 g/mol. The molecule has 0 saturated heterocycles. The van der Waals surface area contributed by atoms with Crippen LogP contribution in [0.5, 0.6) is 0 Å². The van der Waals surface area contributed by atoms with E-state index in [1.54, 1.807) is 12.1 Å². The maximum absolute atomic E-state index is 11.9. The lowest BCUT2D eigenvalue weighted by molar-refractivity contribution is -0.0281. The highest BCUT2D eigenvalue weighted by molar-refractivity contribution is 9.11. The first-order chi connectivity index (χ1) is 8.70. The number of benzene rings is 1. The number of ether oxygens (including phenoxy) is 2. The van der Waals surface area contributed by atoms with E-state index in [0.717, 1.165) is 4.47 Å². The van der Waals surface area contributed by atoms with Gasteiger partial charge in [0, 0.05) is 8.95 Å². The highest BCUT2D eigenvalue weighted by Crippen LogP contribution is 2.28. The van der Waals surface area contributed by atoms with Crippen molar-refractivity contribution in [2.45, 2.75) is 26.4 Å². The third kappa shape index (κ3) is 5.50. The average Bonchev–Trinajstić information content (AvgIpc) is 2.27. The molecule has 19 heavy (non-hydrogen) atoms. The molecule has 0 unspecified atom stereocenters. The standard InChI is InChI=1S/C13H17Br2NO3/c1-13(2,3)19-5-4-18-12(17)9-6-8(14)7-10(15)11(9)16/h6-7H,4-5,16H2,1-3H3. The van der Waals surface area contributed by atoms with Crippen LogP contribution >= 0.6 is 31.9 Å². The molecule has 0 bridgehead atoms. The number of hydrogen-bond donors (Lipinski definition) is 1. The molecule has 0 radical (unpaired) electrons. The molecule has 1 aromatic rings. The number of nitrogen functional groups attached to an aromatic ring is 1. The van der Waals surface area contributed by atoms with E-state index < -0.39 is 5.97 Å². The number of halogens is 2. The molecule has 4 nitrogen and oxygen atoms in total. The van der Waals surface area contributed by atoms with Crippen LogP contribution in [0, 0.1) is 0 Å². The van der Waals surface area contributed by atoms with Crippen molar-refractivity contribution in [3.63, 3.8) is 0 Å². The first kappa shape index (κ1) is 16.5. The number of nitrogens with two attached hydrogens (primary N) is 1. The fraction of sp³-hybridized carbons (Fsp3) is 0.462. The first-order valence-corrected chi connectivity index (χ1v) is 7.35. The van der Waals surface area contributed by atoms with Crippen LogP contribution in [-0.2, 0) is 9.47 Å². The summed E-state index contributed by atoms with van der Waals surface area (Å²) in [6.45, 7) is 6.37. The van der Waals surface area contributed by atoms with Gasteiger partial charge in [-0.3, -0.25) is 0 Å². The van der Waals surface area contributed by atoms with Gasteiger partial charge in [0.05, 0.1) is 23.5 Å².